The van der Waals surface area contributed by atoms with Crippen LogP contribution >= 0.6 is 0 Å². The molecule has 0 aliphatic carbocycles. The van der Waals surface area contributed by atoms with Gasteiger partial charge in [-0.3, -0.25) is 4.79 Å². The van der Waals surface area contributed by atoms with E-state index in [4.69, 9.17) is 0 Å². The van der Waals surface area contributed by atoms with Crippen molar-refractivity contribution in [2.75, 3.05) is 39.8 Å². The molecule has 1 heterocycles. The summed E-state index contributed by atoms with van der Waals surface area (Å²) in [5.74, 6) is 1.03. The van der Waals surface area contributed by atoms with Gasteiger partial charge in [-0.15, -0.1) is 0 Å². The van der Waals surface area contributed by atoms with Crippen molar-refractivity contribution >= 4 is 5.91 Å². The molecule has 1 saturated heterocycles. The summed E-state index contributed by atoms with van der Waals surface area (Å²) < 4.78 is 0. The van der Waals surface area contributed by atoms with Crippen molar-refractivity contribution in [3.63, 3.8) is 0 Å². The number of likely N-dealkylation sites (tertiary alicyclic amines) is 1. The van der Waals surface area contributed by atoms with Gasteiger partial charge in [0.15, 0.2) is 0 Å². The van der Waals surface area contributed by atoms with Crippen LogP contribution < -0.4 is 10.6 Å². The van der Waals surface area contributed by atoms with Gasteiger partial charge in [-0.2, -0.15) is 0 Å². The van der Waals surface area contributed by atoms with E-state index in [0.717, 1.165) is 25.6 Å². The van der Waals surface area contributed by atoms with Crippen molar-refractivity contribution in [1.29, 1.82) is 0 Å². The molecule has 4 heteroatoms. The molecule has 0 radical (unpaired) electrons. The van der Waals surface area contributed by atoms with Gasteiger partial charge >= 0.3 is 0 Å². The first-order valence-electron chi connectivity index (χ1n) is 6.36. The van der Waals surface area contributed by atoms with Crippen molar-refractivity contribution < 1.29 is 4.79 Å². The lowest BCUT2D eigenvalue weighted by Gasteiger charge is -2.30. The van der Waals surface area contributed by atoms with Gasteiger partial charge in [0.1, 0.15) is 0 Å². The predicted octanol–water partition coefficient (Wildman–Crippen LogP) is 0.444. The average Bonchev–Trinajstić information content (AvgIpc) is 2.29. The molecule has 0 aromatic heterocycles. The van der Waals surface area contributed by atoms with Gasteiger partial charge in [0.25, 0.3) is 0 Å². The van der Waals surface area contributed by atoms with Gasteiger partial charge in [0.05, 0.1) is 0 Å². The van der Waals surface area contributed by atoms with E-state index in [2.05, 4.69) is 22.5 Å². The molecule has 94 valence electrons. The third-order valence-electron chi connectivity index (χ3n) is 3.23. The standard InChI is InChI=1S/C12H25N3O/c1-11-4-8-15(9-5-11)10-7-14-12(16)3-6-13-2/h11,13H,3-10H2,1-2H3,(H,14,16). The van der Waals surface area contributed by atoms with Crippen molar-refractivity contribution in [1.82, 2.24) is 15.5 Å². The fourth-order valence-electron chi connectivity index (χ4n) is 1.97. The fraction of sp³-hybridized carbons (Fsp3) is 0.917. The van der Waals surface area contributed by atoms with Gasteiger partial charge in [-0.1, -0.05) is 6.92 Å². The van der Waals surface area contributed by atoms with Gasteiger partial charge in [0, 0.05) is 26.1 Å². The average molecular weight is 227 g/mol. The molecule has 0 saturated carbocycles. The first kappa shape index (κ1) is 13.5. The summed E-state index contributed by atoms with van der Waals surface area (Å²) in [6.45, 7) is 7.24. The number of carbonyl (C=O) groups excluding carboxylic acids is 1. The van der Waals surface area contributed by atoms with Crippen molar-refractivity contribution in [3.8, 4) is 0 Å². The summed E-state index contributed by atoms with van der Waals surface area (Å²) in [6, 6.07) is 0. The van der Waals surface area contributed by atoms with E-state index in [1.807, 2.05) is 7.05 Å². The summed E-state index contributed by atoms with van der Waals surface area (Å²) >= 11 is 0. The Balaban J connectivity index is 2.00. The van der Waals surface area contributed by atoms with Gasteiger partial charge < -0.3 is 15.5 Å². The summed E-state index contributed by atoms with van der Waals surface area (Å²) in [6.07, 6.45) is 3.18. The minimum Gasteiger partial charge on any atom is -0.355 e. The van der Waals surface area contributed by atoms with Crippen LogP contribution in [0.5, 0.6) is 0 Å². The predicted molar refractivity (Wildman–Crippen MR) is 66.4 cm³/mol. The Labute approximate surface area is 98.8 Å². The molecule has 0 spiro atoms. The quantitative estimate of drug-likeness (QED) is 0.692. The SMILES string of the molecule is CNCCC(=O)NCCN1CCC(C)CC1. The maximum atomic E-state index is 11.3. The van der Waals surface area contributed by atoms with Crippen molar-refractivity contribution in [2.24, 2.45) is 5.92 Å². The van der Waals surface area contributed by atoms with Crippen molar-refractivity contribution in [3.05, 3.63) is 0 Å². The van der Waals surface area contributed by atoms with Gasteiger partial charge in [-0.05, 0) is 38.9 Å². The second-order valence-corrected chi connectivity index (χ2v) is 4.73. The van der Waals surface area contributed by atoms with E-state index in [1.165, 1.54) is 25.9 Å². The summed E-state index contributed by atoms with van der Waals surface area (Å²) in [7, 11) is 1.86. The Kier molecular flexibility index (Phi) is 6.42. The number of hydrogen-bond acceptors (Lipinski definition) is 3. The molecule has 1 fully saturated rings. The molecule has 1 aliphatic rings. The van der Waals surface area contributed by atoms with Crippen LogP contribution in [0.25, 0.3) is 0 Å². The summed E-state index contributed by atoms with van der Waals surface area (Å²) in [5, 5.41) is 5.93. The van der Waals surface area contributed by atoms with E-state index in [-0.39, 0.29) is 5.91 Å². The molecule has 0 bridgehead atoms. The molecule has 16 heavy (non-hydrogen) atoms. The lowest BCUT2D eigenvalue weighted by molar-refractivity contribution is -0.121. The van der Waals surface area contributed by atoms with E-state index in [9.17, 15) is 4.79 Å². The van der Waals surface area contributed by atoms with Crippen LogP contribution in [-0.4, -0.2) is 50.6 Å². The number of piperidine rings is 1. The summed E-state index contributed by atoms with van der Waals surface area (Å²) in [5.41, 5.74) is 0. The minimum absolute atomic E-state index is 0.153. The molecule has 0 atom stereocenters. The highest BCUT2D eigenvalue weighted by Crippen LogP contribution is 2.14. The number of amides is 1. The third kappa shape index (κ3) is 5.47. The first-order valence-corrected chi connectivity index (χ1v) is 6.36. The molecule has 4 nitrogen and oxygen atoms in total. The Bertz CT molecular complexity index is 200. The van der Waals surface area contributed by atoms with Crippen LogP contribution in [0.4, 0.5) is 0 Å². The molecule has 1 rings (SSSR count). The number of nitrogens with one attached hydrogen (secondary N) is 2. The third-order valence-corrected chi connectivity index (χ3v) is 3.23. The number of nitrogens with zero attached hydrogens (tertiary/aromatic N) is 1. The van der Waals surface area contributed by atoms with E-state index >= 15 is 0 Å². The van der Waals surface area contributed by atoms with Gasteiger partial charge in [0.2, 0.25) is 5.91 Å². The number of carbonyl (C=O) groups is 1. The smallest absolute Gasteiger partial charge is 0.221 e. The first-order chi connectivity index (χ1) is 7.72. The zero-order chi connectivity index (χ0) is 11.8. The highest BCUT2D eigenvalue weighted by Gasteiger charge is 2.14. The molecule has 1 amide bonds. The van der Waals surface area contributed by atoms with Crippen LogP contribution in [0.15, 0.2) is 0 Å². The molecule has 0 aromatic rings. The normalized spacial score (nSPS) is 18.6. The highest BCUT2D eigenvalue weighted by atomic mass is 16.1. The second-order valence-electron chi connectivity index (χ2n) is 4.73. The van der Waals surface area contributed by atoms with Crippen LogP contribution in [0.3, 0.4) is 0 Å². The molecule has 0 unspecified atom stereocenters. The Morgan fingerprint density at radius 2 is 2.00 bits per heavy atom. The van der Waals surface area contributed by atoms with Gasteiger partial charge in [-0.25, -0.2) is 0 Å². The maximum Gasteiger partial charge on any atom is 0.221 e. The summed E-state index contributed by atoms with van der Waals surface area (Å²) in [4.78, 5) is 13.8. The Morgan fingerprint density at radius 3 is 2.62 bits per heavy atom. The Morgan fingerprint density at radius 1 is 1.31 bits per heavy atom. The van der Waals surface area contributed by atoms with Crippen LogP contribution in [-0.2, 0) is 4.79 Å². The van der Waals surface area contributed by atoms with E-state index < -0.39 is 0 Å². The number of rotatable bonds is 6. The largest absolute Gasteiger partial charge is 0.355 e. The lowest BCUT2D eigenvalue weighted by Crippen LogP contribution is -2.39. The highest BCUT2D eigenvalue weighted by molar-refractivity contribution is 5.76. The monoisotopic (exact) mass is 227 g/mol. The molecule has 0 aromatic carbocycles. The molecular weight excluding hydrogens is 202 g/mol. The zero-order valence-electron chi connectivity index (χ0n) is 10.6. The Hall–Kier alpha value is -0.610. The molecule has 1 aliphatic heterocycles. The van der Waals surface area contributed by atoms with Crippen LogP contribution in [0, 0.1) is 5.92 Å². The van der Waals surface area contributed by atoms with E-state index in [0.29, 0.717) is 6.42 Å². The zero-order valence-corrected chi connectivity index (χ0v) is 10.6. The fourth-order valence-corrected chi connectivity index (χ4v) is 1.97. The number of hydrogen-bond donors (Lipinski definition) is 2. The molecule has 2 N–H and O–H groups in total. The topological polar surface area (TPSA) is 44.4 Å². The van der Waals surface area contributed by atoms with Crippen LogP contribution in [0.2, 0.25) is 0 Å². The van der Waals surface area contributed by atoms with E-state index in [1.54, 1.807) is 0 Å². The maximum absolute atomic E-state index is 11.3. The van der Waals surface area contributed by atoms with Crippen molar-refractivity contribution in [2.45, 2.75) is 26.2 Å². The lowest BCUT2D eigenvalue weighted by atomic mass is 9.99. The van der Waals surface area contributed by atoms with Crippen LogP contribution in [0.1, 0.15) is 26.2 Å². The second kappa shape index (κ2) is 7.63. The molecular formula is C12H25N3O. The minimum atomic E-state index is 0.153.